The smallest absolute Gasteiger partial charge is 0.154 e. The molecule has 1 unspecified atom stereocenters. The fourth-order valence-corrected chi connectivity index (χ4v) is 3.14. The molecule has 0 fully saturated rings. The fraction of sp³-hybridized carbons (Fsp3) is 0.133. The van der Waals surface area contributed by atoms with Gasteiger partial charge in [-0.15, -0.1) is 0 Å². The van der Waals surface area contributed by atoms with E-state index in [1.807, 2.05) is 30.3 Å². The molecule has 1 nitrogen and oxygen atoms in total. The van der Waals surface area contributed by atoms with Crippen molar-refractivity contribution in [3.05, 3.63) is 65.7 Å². The van der Waals surface area contributed by atoms with Gasteiger partial charge < -0.3 is 0 Å². The van der Waals surface area contributed by atoms with Gasteiger partial charge in [-0.1, -0.05) is 30.3 Å². The molecule has 0 aliphatic carbocycles. The monoisotopic (exact) mass is 240 g/mol. The molecule has 0 aliphatic rings. The maximum Gasteiger partial charge on any atom is 0.154 e. The standard InChI is InChI=1S/C15H14NS/c1-17(15-5-3-2-4-6-15)12-14-9-7-13(11-16)8-10-14/h2-10H,12H2,1H3/q+1. The van der Waals surface area contributed by atoms with Gasteiger partial charge in [-0.25, -0.2) is 0 Å². The molecule has 84 valence electrons. The second kappa shape index (κ2) is 5.56. The molecule has 17 heavy (non-hydrogen) atoms. The Kier molecular flexibility index (Phi) is 3.85. The van der Waals surface area contributed by atoms with E-state index < -0.39 is 0 Å². The molecule has 2 rings (SSSR count). The zero-order valence-electron chi connectivity index (χ0n) is 9.76. The molecule has 2 aromatic carbocycles. The molecular formula is C15H14NS+. The van der Waals surface area contributed by atoms with Crippen LogP contribution in [0, 0.1) is 11.3 Å². The lowest BCUT2D eigenvalue weighted by Crippen LogP contribution is -2.03. The highest BCUT2D eigenvalue weighted by molar-refractivity contribution is 7.95. The van der Waals surface area contributed by atoms with Crippen molar-refractivity contribution >= 4 is 10.9 Å². The fourth-order valence-electron chi connectivity index (χ4n) is 1.66. The average molecular weight is 240 g/mol. The molecule has 0 saturated carbocycles. The van der Waals surface area contributed by atoms with Crippen LogP contribution < -0.4 is 0 Å². The summed E-state index contributed by atoms with van der Waals surface area (Å²) in [5.74, 6) is 1.04. The summed E-state index contributed by atoms with van der Waals surface area (Å²) < 4.78 is 0. The molecule has 0 spiro atoms. The van der Waals surface area contributed by atoms with Crippen LogP contribution in [0.5, 0.6) is 0 Å². The first-order chi connectivity index (χ1) is 8.29. The lowest BCUT2D eigenvalue weighted by molar-refractivity contribution is 1.35. The zero-order valence-corrected chi connectivity index (χ0v) is 10.6. The second-order valence-electron chi connectivity index (χ2n) is 3.90. The van der Waals surface area contributed by atoms with E-state index in [-0.39, 0.29) is 10.9 Å². The van der Waals surface area contributed by atoms with Crippen LogP contribution >= 0.6 is 0 Å². The van der Waals surface area contributed by atoms with Gasteiger partial charge in [0.05, 0.1) is 11.6 Å². The Balaban J connectivity index is 2.08. The van der Waals surface area contributed by atoms with Gasteiger partial charge in [0.2, 0.25) is 0 Å². The van der Waals surface area contributed by atoms with E-state index in [1.165, 1.54) is 10.5 Å². The van der Waals surface area contributed by atoms with Gasteiger partial charge in [0.25, 0.3) is 0 Å². The first kappa shape index (κ1) is 11.8. The summed E-state index contributed by atoms with van der Waals surface area (Å²) in [6.45, 7) is 0. The maximum atomic E-state index is 8.74. The number of rotatable bonds is 3. The zero-order chi connectivity index (χ0) is 12.1. The minimum atomic E-state index is 0.224. The predicted octanol–water partition coefficient (Wildman–Crippen LogP) is 3.37. The van der Waals surface area contributed by atoms with Crippen LogP contribution in [0.1, 0.15) is 11.1 Å². The SMILES string of the molecule is C[S+](Cc1ccc(C#N)cc1)c1ccccc1. The highest BCUT2D eigenvalue weighted by Gasteiger charge is 2.15. The quantitative estimate of drug-likeness (QED) is 0.755. The third-order valence-electron chi connectivity index (χ3n) is 2.61. The van der Waals surface area contributed by atoms with E-state index in [0.717, 1.165) is 11.3 Å². The van der Waals surface area contributed by atoms with E-state index in [1.54, 1.807) is 0 Å². The van der Waals surface area contributed by atoms with Crippen molar-refractivity contribution < 1.29 is 0 Å². The lowest BCUT2D eigenvalue weighted by Gasteiger charge is -2.03. The van der Waals surface area contributed by atoms with Crippen molar-refractivity contribution in [3.8, 4) is 6.07 Å². The van der Waals surface area contributed by atoms with Crippen LogP contribution in [-0.2, 0) is 16.6 Å². The summed E-state index contributed by atoms with van der Waals surface area (Å²) >= 11 is 0. The molecule has 0 bridgehead atoms. The minimum absolute atomic E-state index is 0.224. The van der Waals surface area contributed by atoms with E-state index in [4.69, 9.17) is 5.26 Å². The Morgan fingerprint density at radius 2 is 1.65 bits per heavy atom. The van der Waals surface area contributed by atoms with Crippen molar-refractivity contribution in [2.75, 3.05) is 6.26 Å². The van der Waals surface area contributed by atoms with Gasteiger partial charge >= 0.3 is 0 Å². The number of nitrogens with zero attached hydrogens (tertiary/aromatic N) is 1. The summed E-state index contributed by atoms with van der Waals surface area (Å²) in [6, 6.07) is 20.6. The Hall–Kier alpha value is -1.72. The van der Waals surface area contributed by atoms with Crippen LogP contribution in [0.3, 0.4) is 0 Å². The molecule has 1 atom stereocenters. The van der Waals surface area contributed by atoms with E-state index >= 15 is 0 Å². The highest BCUT2D eigenvalue weighted by Crippen LogP contribution is 2.16. The van der Waals surface area contributed by atoms with Gasteiger partial charge in [0, 0.05) is 16.5 Å². The molecule has 0 saturated heterocycles. The molecule has 0 aromatic heterocycles. The van der Waals surface area contributed by atoms with Crippen molar-refractivity contribution in [2.45, 2.75) is 10.6 Å². The van der Waals surface area contributed by atoms with Crippen LogP contribution in [0.15, 0.2) is 59.5 Å². The topological polar surface area (TPSA) is 23.8 Å². The summed E-state index contributed by atoms with van der Waals surface area (Å²) in [6.07, 6.45) is 2.26. The lowest BCUT2D eigenvalue weighted by atomic mass is 10.2. The van der Waals surface area contributed by atoms with Crippen molar-refractivity contribution in [2.24, 2.45) is 0 Å². The van der Waals surface area contributed by atoms with Crippen LogP contribution in [-0.4, -0.2) is 6.26 Å². The van der Waals surface area contributed by atoms with Crippen molar-refractivity contribution in [1.29, 1.82) is 5.26 Å². The molecule has 0 N–H and O–H groups in total. The highest BCUT2D eigenvalue weighted by atomic mass is 32.2. The first-order valence-electron chi connectivity index (χ1n) is 5.46. The second-order valence-corrected chi connectivity index (χ2v) is 5.94. The Labute approximate surface area is 105 Å². The van der Waals surface area contributed by atoms with Gasteiger partial charge in [0.15, 0.2) is 4.90 Å². The number of hydrogen-bond donors (Lipinski definition) is 0. The van der Waals surface area contributed by atoms with Gasteiger partial charge in [-0.3, -0.25) is 0 Å². The maximum absolute atomic E-state index is 8.74. The molecule has 0 radical (unpaired) electrons. The Bertz CT molecular complexity index is 511. The Morgan fingerprint density at radius 3 is 2.24 bits per heavy atom. The number of hydrogen-bond acceptors (Lipinski definition) is 1. The largest absolute Gasteiger partial charge is 0.192 e. The molecule has 2 heteroatoms. The third-order valence-corrected chi connectivity index (χ3v) is 4.46. The van der Waals surface area contributed by atoms with Crippen molar-refractivity contribution in [1.82, 2.24) is 0 Å². The molecule has 0 heterocycles. The van der Waals surface area contributed by atoms with Crippen LogP contribution in [0.2, 0.25) is 0 Å². The first-order valence-corrected chi connectivity index (χ1v) is 7.26. The summed E-state index contributed by atoms with van der Waals surface area (Å²) in [5, 5.41) is 8.74. The Morgan fingerprint density at radius 1 is 1.00 bits per heavy atom. The summed E-state index contributed by atoms with van der Waals surface area (Å²) in [4.78, 5) is 1.39. The molecular weight excluding hydrogens is 226 g/mol. The van der Waals surface area contributed by atoms with E-state index in [2.05, 4.69) is 36.6 Å². The summed E-state index contributed by atoms with van der Waals surface area (Å²) in [7, 11) is 0.224. The average Bonchev–Trinajstić information content (AvgIpc) is 2.40. The molecule has 2 aromatic rings. The van der Waals surface area contributed by atoms with Crippen LogP contribution in [0.25, 0.3) is 0 Å². The van der Waals surface area contributed by atoms with Crippen molar-refractivity contribution in [3.63, 3.8) is 0 Å². The molecule has 0 amide bonds. The van der Waals surface area contributed by atoms with E-state index in [0.29, 0.717) is 0 Å². The van der Waals surface area contributed by atoms with Crippen LogP contribution in [0.4, 0.5) is 0 Å². The predicted molar refractivity (Wildman–Crippen MR) is 72.9 cm³/mol. The van der Waals surface area contributed by atoms with Gasteiger partial charge in [-0.05, 0) is 24.3 Å². The minimum Gasteiger partial charge on any atom is -0.192 e. The molecule has 0 aliphatic heterocycles. The normalized spacial score (nSPS) is 11.8. The van der Waals surface area contributed by atoms with Gasteiger partial charge in [0.1, 0.15) is 12.0 Å². The van der Waals surface area contributed by atoms with E-state index in [9.17, 15) is 0 Å². The number of benzene rings is 2. The summed E-state index contributed by atoms with van der Waals surface area (Å²) in [5.41, 5.74) is 2.02. The third kappa shape index (κ3) is 3.12. The number of nitriles is 1. The van der Waals surface area contributed by atoms with Gasteiger partial charge in [-0.2, -0.15) is 5.26 Å².